The molecule has 0 saturated carbocycles. The van der Waals surface area contributed by atoms with E-state index in [1.165, 1.54) is 4.90 Å². The van der Waals surface area contributed by atoms with Gasteiger partial charge in [-0.25, -0.2) is 4.79 Å². The summed E-state index contributed by atoms with van der Waals surface area (Å²) in [5.41, 5.74) is 0.693. The predicted octanol–water partition coefficient (Wildman–Crippen LogP) is 8.11. The van der Waals surface area contributed by atoms with Gasteiger partial charge in [0.25, 0.3) is 0 Å². The number of ether oxygens (including phenoxy) is 4. The molecule has 1 aliphatic heterocycles. The number of carbonyl (C=O) groups is 6. The summed E-state index contributed by atoms with van der Waals surface area (Å²) < 4.78 is 24.4. The monoisotopic (exact) mass is 983 g/mol. The molecule has 396 valence electrons. The Labute approximate surface area is 420 Å². The zero-order valence-electron chi connectivity index (χ0n) is 44.9. The van der Waals surface area contributed by atoms with E-state index in [1.807, 2.05) is 91.0 Å². The molecule has 15 nitrogen and oxygen atoms in total. The van der Waals surface area contributed by atoms with Crippen LogP contribution >= 0.6 is 0 Å². The highest BCUT2D eigenvalue weighted by Gasteiger charge is 2.44. The Hall–Kier alpha value is -4.18. The molecular weight excluding hydrogens is 893 g/mol. The van der Waals surface area contributed by atoms with Crippen LogP contribution in [0.3, 0.4) is 0 Å². The van der Waals surface area contributed by atoms with Gasteiger partial charge in [-0.05, 0) is 74.8 Å². The largest absolute Gasteiger partial charge is 0.439 e. The summed E-state index contributed by atoms with van der Waals surface area (Å²) in [6.07, 6.45) is 6.79. The quantitative estimate of drug-likeness (QED) is 0.0612. The van der Waals surface area contributed by atoms with E-state index in [-0.39, 0.29) is 72.0 Å². The van der Waals surface area contributed by atoms with E-state index in [0.29, 0.717) is 57.2 Å². The fraction of sp³-hybridized carbons (Fsp3) is 0.745. The van der Waals surface area contributed by atoms with Gasteiger partial charge in [0.2, 0.25) is 17.7 Å². The van der Waals surface area contributed by atoms with Crippen LogP contribution < -0.4 is 5.32 Å². The number of hydrogen-bond donors (Lipinski definition) is 2. The first-order valence-corrected chi connectivity index (χ1v) is 26.1. The van der Waals surface area contributed by atoms with Gasteiger partial charge in [0, 0.05) is 66.6 Å². The Bertz CT molecular complexity index is 1830. The summed E-state index contributed by atoms with van der Waals surface area (Å²) in [5.74, 6) is -2.79. The maximum absolute atomic E-state index is 14.8. The van der Waals surface area contributed by atoms with Gasteiger partial charge in [0.1, 0.15) is 11.9 Å². The highest BCUT2D eigenvalue weighted by Crippen LogP contribution is 2.32. The van der Waals surface area contributed by atoms with Crippen molar-refractivity contribution in [2.75, 3.05) is 41.5 Å². The molecule has 15 heteroatoms. The lowest BCUT2D eigenvalue weighted by atomic mass is 9.83. The van der Waals surface area contributed by atoms with Crippen molar-refractivity contribution in [3.63, 3.8) is 0 Å². The average Bonchev–Trinajstić information content (AvgIpc) is 3.82. The van der Waals surface area contributed by atoms with Crippen LogP contribution in [0, 0.1) is 29.6 Å². The first-order chi connectivity index (χ1) is 33.2. The number of likely N-dealkylation sites (tertiary alicyclic amines) is 1. The van der Waals surface area contributed by atoms with E-state index in [4.69, 9.17) is 18.9 Å². The number of aliphatic hydroxyl groups is 1. The van der Waals surface area contributed by atoms with Crippen molar-refractivity contribution in [2.24, 2.45) is 29.6 Å². The summed E-state index contributed by atoms with van der Waals surface area (Å²) >= 11 is 0. The Morgan fingerprint density at radius 3 is 2.14 bits per heavy atom. The number of nitrogens with one attached hydrogen (secondary N) is 1. The van der Waals surface area contributed by atoms with Gasteiger partial charge in [-0.2, -0.15) is 0 Å². The number of methoxy groups -OCH3 is 2. The Balaban J connectivity index is 1.76. The Morgan fingerprint density at radius 2 is 1.54 bits per heavy atom. The van der Waals surface area contributed by atoms with Crippen LogP contribution in [0.25, 0.3) is 0 Å². The Kier molecular flexibility index (Phi) is 25.8. The van der Waals surface area contributed by atoms with Crippen molar-refractivity contribution in [3.05, 3.63) is 48.0 Å². The van der Waals surface area contributed by atoms with Gasteiger partial charge >= 0.3 is 6.09 Å². The second kappa shape index (κ2) is 30.0. The number of allylic oxidation sites excluding steroid dienone is 1. The minimum atomic E-state index is -0.905. The van der Waals surface area contributed by atoms with Crippen molar-refractivity contribution in [1.82, 2.24) is 20.0 Å². The van der Waals surface area contributed by atoms with Crippen LogP contribution in [0.4, 0.5) is 4.79 Å². The van der Waals surface area contributed by atoms with Crippen LogP contribution in [0.15, 0.2) is 42.5 Å². The van der Waals surface area contributed by atoms with E-state index in [1.54, 1.807) is 52.0 Å². The van der Waals surface area contributed by atoms with Crippen molar-refractivity contribution in [1.29, 1.82) is 0 Å². The fourth-order valence-electron chi connectivity index (χ4n) is 10.3. The number of Topliss-reactive ketones (excluding diaryl/α,β-unsaturated/α-hetero) is 2. The number of rotatable bonds is 28. The lowest BCUT2D eigenvalue weighted by molar-refractivity contribution is -0.149. The van der Waals surface area contributed by atoms with Crippen LogP contribution in [0.1, 0.15) is 151 Å². The molecule has 0 radical (unpaired) electrons. The highest BCUT2D eigenvalue weighted by molar-refractivity contribution is 5.92. The van der Waals surface area contributed by atoms with Crippen molar-refractivity contribution >= 4 is 35.4 Å². The van der Waals surface area contributed by atoms with Gasteiger partial charge in [-0.1, -0.05) is 105 Å². The molecule has 1 saturated heterocycles. The summed E-state index contributed by atoms with van der Waals surface area (Å²) in [4.78, 5) is 87.9. The number of aliphatic hydroxyl groups excluding tert-OH is 1. The number of nitrogens with zero attached hydrogens (tertiary/aromatic N) is 3. The number of likely N-dealkylation sites (N-methyl/N-ethyl adjacent to an activating group) is 2. The molecule has 1 aromatic carbocycles. The summed E-state index contributed by atoms with van der Waals surface area (Å²) in [6, 6.07) is 6.80. The highest BCUT2D eigenvalue weighted by atomic mass is 16.6. The first-order valence-electron chi connectivity index (χ1n) is 26.1. The second-order valence-corrected chi connectivity index (χ2v) is 20.5. The normalized spacial score (nSPS) is 21.8. The molecule has 1 aromatic rings. The van der Waals surface area contributed by atoms with E-state index < -0.39 is 60.5 Å². The van der Waals surface area contributed by atoms with Crippen molar-refractivity contribution in [3.8, 4) is 0 Å². The van der Waals surface area contributed by atoms with E-state index in [0.717, 1.165) is 25.7 Å². The fourth-order valence-corrected chi connectivity index (χ4v) is 10.3. The minimum absolute atomic E-state index is 0.0227. The molecule has 1 fully saturated rings. The van der Waals surface area contributed by atoms with E-state index in [9.17, 15) is 33.9 Å². The van der Waals surface area contributed by atoms with Gasteiger partial charge in [-0.3, -0.25) is 24.0 Å². The zero-order valence-corrected chi connectivity index (χ0v) is 44.9. The minimum Gasteiger partial charge on any atom is -0.439 e. The molecule has 1 aliphatic carbocycles. The third-order valence-corrected chi connectivity index (χ3v) is 14.8. The number of ketones is 2. The third kappa shape index (κ3) is 17.0. The molecule has 9 unspecified atom stereocenters. The molecule has 2 N–H and O–H groups in total. The molecular formula is C55H90N4O11. The van der Waals surface area contributed by atoms with Gasteiger partial charge in [0.05, 0.1) is 60.9 Å². The van der Waals surface area contributed by atoms with E-state index >= 15 is 0 Å². The van der Waals surface area contributed by atoms with Gasteiger partial charge in [-0.15, -0.1) is 0 Å². The summed E-state index contributed by atoms with van der Waals surface area (Å²) in [5, 5.41) is 13.9. The molecule has 2 aliphatic rings. The number of benzene rings is 1. The molecule has 0 aromatic heterocycles. The predicted molar refractivity (Wildman–Crippen MR) is 272 cm³/mol. The summed E-state index contributed by atoms with van der Waals surface area (Å²) in [6.45, 7) is 17.8. The van der Waals surface area contributed by atoms with Crippen LogP contribution in [-0.2, 0) is 42.9 Å². The SMILES string of the molecule is CCC(=O)CCCOC1CCCC/C=C/C1OC(=O)N(C)C(C(=O)CC(C(=O)N(C)C(C(CC(=O)N1CCCC1C(OC)C(C)C(=O)N[C@H](C)[C@@H](O)c1ccccc1)OC)[C@@H](C)CC)C(C)C)C(C)C. The standard InChI is InChI=1S/C55H90N4O11/c1-14-37(7)50(47(67-12)34-48(62)59-31-23-28-43(59)52(68-13)38(8)53(64)56-39(9)51(63)40-25-19-18-20-26-40)57(10)54(65)42(35(3)4)33-44(61)49(36(5)6)58(11)55(66)70-46-30-22-17-16-21-29-45(46)69-32-24-27-41(60)15-2/h18-20,22,25-26,30,35-39,42-43,45-47,49-52,63H,14-17,21,23-24,27-29,31-34H2,1-13H3,(H,56,64)/b30-22+/t37-,38?,39+,42?,43?,45?,46?,47?,49?,50?,51+,52?/m0/s1. The molecule has 0 bridgehead atoms. The van der Waals surface area contributed by atoms with Crippen LogP contribution in [-0.4, -0.2) is 145 Å². The maximum Gasteiger partial charge on any atom is 0.410 e. The average molecular weight is 983 g/mol. The molecule has 0 spiro atoms. The van der Waals surface area contributed by atoms with Crippen LogP contribution in [0.2, 0.25) is 0 Å². The zero-order chi connectivity index (χ0) is 52.2. The molecule has 12 atom stereocenters. The molecule has 1 heterocycles. The smallest absolute Gasteiger partial charge is 0.410 e. The second-order valence-electron chi connectivity index (χ2n) is 20.5. The molecule has 70 heavy (non-hydrogen) atoms. The van der Waals surface area contributed by atoms with Gasteiger partial charge < -0.3 is 44.1 Å². The van der Waals surface area contributed by atoms with Crippen molar-refractivity contribution in [2.45, 2.75) is 194 Å². The lowest BCUT2D eigenvalue weighted by Gasteiger charge is -2.41. The van der Waals surface area contributed by atoms with E-state index in [2.05, 4.69) is 5.32 Å². The molecule has 3 rings (SSSR count). The third-order valence-electron chi connectivity index (χ3n) is 14.8. The Morgan fingerprint density at radius 1 is 0.857 bits per heavy atom. The first kappa shape index (κ1) is 60.1. The van der Waals surface area contributed by atoms with Crippen LogP contribution in [0.5, 0.6) is 0 Å². The number of amides is 4. The molecule has 4 amide bonds. The number of carbonyl (C=O) groups excluding carboxylic acids is 6. The lowest BCUT2D eigenvalue weighted by Crippen LogP contribution is -2.55. The maximum atomic E-state index is 14.8. The number of hydrogen-bond acceptors (Lipinski definition) is 11. The summed E-state index contributed by atoms with van der Waals surface area (Å²) in [7, 11) is 6.38. The topological polar surface area (TPSA) is 181 Å². The van der Waals surface area contributed by atoms with Crippen molar-refractivity contribution < 1.29 is 52.8 Å². The van der Waals surface area contributed by atoms with Gasteiger partial charge in [0.15, 0.2) is 5.78 Å².